The van der Waals surface area contributed by atoms with Crippen LogP contribution in [0.5, 0.6) is 5.75 Å². The molecule has 0 radical (unpaired) electrons. The van der Waals surface area contributed by atoms with Crippen LogP contribution in [0, 0.1) is 0 Å². The number of hydrogen-bond donors (Lipinski definition) is 3. The van der Waals surface area contributed by atoms with Gasteiger partial charge in [0.1, 0.15) is 5.75 Å². The van der Waals surface area contributed by atoms with E-state index in [-0.39, 0.29) is 19.3 Å². The number of fused-ring (bicyclic) bond motifs is 1. The average Bonchev–Trinajstić information content (AvgIpc) is 3.15. The van der Waals surface area contributed by atoms with Gasteiger partial charge in [-0.1, -0.05) is 35.9 Å². The topological polar surface area (TPSA) is 110 Å². The molecule has 1 aromatic heterocycles. The van der Waals surface area contributed by atoms with E-state index in [1.807, 2.05) is 0 Å². The minimum atomic E-state index is -0.984. The predicted octanol–water partition coefficient (Wildman–Crippen LogP) is 3.69. The van der Waals surface area contributed by atoms with E-state index in [1.54, 1.807) is 65.3 Å². The molecule has 3 N–H and O–H groups in total. The number of carbonyl (C=O) groups excluding carboxylic acids is 2. The number of para-hydroxylation sites is 2. The molecule has 2 aromatic carbocycles. The number of nitrogens with zero attached hydrogens (tertiary/aromatic N) is 1. The van der Waals surface area contributed by atoms with E-state index in [1.165, 1.54) is 0 Å². The zero-order valence-corrected chi connectivity index (χ0v) is 17.6. The maximum absolute atomic E-state index is 12.8. The van der Waals surface area contributed by atoms with Gasteiger partial charge < -0.3 is 15.2 Å². The number of ether oxygens (including phenoxy) is 1. The monoisotopic (exact) mass is 453 g/mol. The Morgan fingerprint density at radius 3 is 2.59 bits per heavy atom. The molecule has 32 heavy (non-hydrogen) atoms. The summed E-state index contributed by atoms with van der Waals surface area (Å²) in [5, 5.41) is 12.4. The number of aryl methyl sites for hydroxylation is 1. The lowest BCUT2D eigenvalue weighted by atomic mass is 10.1. The highest BCUT2D eigenvalue weighted by atomic mass is 35.5. The molecule has 0 saturated carbocycles. The lowest BCUT2D eigenvalue weighted by Crippen LogP contribution is -2.40. The van der Waals surface area contributed by atoms with Gasteiger partial charge in [-0.05, 0) is 36.4 Å². The van der Waals surface area contributed by atoms with Gasteiger partial charge >= 0.3 is 5.97 Å². The number of rotatable bonds is 7. The molecule has 0 bridgehead atoms. The van der Waals surface area contributed by atoms with E-state index >= 15 is 0 Å². The van der Waals surface area contributed by atoms with Crippen LogP contribution in [0.3, 0.4) is 0 Å². The van der Waals surface area contributed by atoms with Crippen molar-refractivity contribution in [3.8, 4) is 17.0 Å². The third kappa shape index (κ3) is 4.76. The van der Waals surface area contributed by atoms with Crippen LogP contribution in [-0.4, -0.2) is 33.7 Å². The Balaban J connectivity index is 1.54. The molecule has 2 heterocycles. The number of anilines is 1. The van der Waals surface area contributed by atoms with Gasteiger partial charge in [-0.15, -0.1) is 0 Å². The smallest absolute Gasteiger partial charge is 0.303 e. The lowest BCUT2D eigenvalue weighted by Gasteiger charge is -2.25. The number of halogens is 1. The van der Waals surface area contributed by atoms with Gasteiger partial charge in [-0.25, -0.2) is 0 Å². The van der Waals surface area contributed by atoms with Crippen LogP contribution >= 0.6 is 11.6 Å². The van der Waals surface area contributed by atoms with Crippen LogP contribution in [0.4, 0.5) is 5.69 Å². The number of carboxylic acids is 1. The van der Waals surface area contributed by atoms with Gasteiger partial charge in [0.05, 0.1) is 24.2 Å². The summed E-state index contributed by atoms with van der Waals surface area (Å²) in [5.74, 6) is -1.30. The zero-order chi connectivity index (χ0) is 22.7. The van der Waals surface area contributed by atoms with Gasteiger partial charge in [-0.3, -0.25) is 24.5 Å². The fourth-order valence-electron chi connectivity index (χ4n) is 3.45. The van der Waals surface area contributed by atoms with Crippen LogP contribution in [0.1, 0.15) is 18.5 Å². The first-order valence-corrected chi connectivity index (χ1v) is 10.3. The first-order chi connectivity index (χ1) is 15.4. The summed E-state index contributed by atoms with van der Waals surface area (Å²) in [5.41, 5.74) is 5.40. The lowest BCUT2D eigenvalue weighted by molar-refractivity contribution is -0.137. The Kier molecular flexibility index (Phi) is 6.13. The number of aromatic nitrogens is 1. The molecule has 8 nitrogen and oxygen atoms in total. The van der Waals surface area contributed by atoms with Gasteiger partial charge in [0.2, 0.25) is 5.91 Å². The number of carbonyl (C=O) groups is 3. The van der Waals surface area contributed by atoms with Gasteiger partial charge in [0, 0.05) is 22.7 Å². The van der Waals surface area contributed by atoms with Crippen LogP contribution in [0.2, 0.25) is 5.02 Å². The molecule has 1 aliphatic heterocycles. The second-order valence-corrected chi connectivity index (χ2v) is 7.71. The molecule has 0 fully saturated rings. The third-order valence-corrected chi connectivity index (χ3v) is 5.26. The van der Waals surface area contributed by atoms with Crippen LogP contribution in [-0.2, 0) is 20.8 Å². The Bertz CT molecular complexity index is 1170. The summed E-state index contributed by atoms with van der Waals surface area (Å²) in [4.78, 5) is 36.2. The molecular formula is C23H20ClN3O5. The van der Waals surface area contributed by atoms with Crippen molar-refractivity contribution in [2.75, 3.05) is 10.7 Å². The second-order valence-electron chi connectivity index (χ2n) is 7.28. The highest BCUT2D eigenvalue weighted by Gasteiger charge is 2.30. The molecule has 0 spiro atoms. The van der Waals surface area contributed by atoms with Crippen molar-refractivity contribution in [2.45, 2.75) is 25.4 Å². The van der Waals surface area contributed by atoms with Crippen molar-refractivity contribution in [2.24, 2.45) is 0 Å². The molecule has 1 aliphatic rings. The molecule has 1 atom stereocenters. The largest absolute Gasteiger partial charge is 0.481 e. The normalized spacial score (nSPS) is 14.8. The molecular weight excluding hydrogens is 434 g/mol. The number of carboxylic acid groups (broad SMARTS) is 1. The van der Waals surface area contributed by atoms with Crippen LogP contribution < -0.4 is 15.5 Å². The Morgan fingerprint density at radius 1 is 1.09 bits per heavy atom. The minimum absolute atomic E-state index is 0.0924. The quantitative estimate of drug-likeness (QED) is 0.505. The Morgan fingerprint density at radius 2 is 1.84 bits per heavy atom. The van der Waals surface area contributed by atoms with Crippen molar-refractivity contribution < 1.29 is 24.2 Å². The first-order valence-electron chi connectivity index (χ1n) is 9.95. The van der Waals surface area contributed by atoms with Crippen molar-refractivity contribution in [1.82, 2.24) is 4.68 Å². The minimum Gasteiger partial charge on any atom is -0.481 e. The molecule has 0 unspecified atom stereocenters. The summed E-state index contributed by atoms with van der Waals surface area (Å²) in [6.07, 6.45) is -1.07. The summed E-state index contributed by atoms with van der Waals surface area (Å²) in [6.45, 7) is 0. The highest BCUT2D eigenvalue weighted by Crippen LogP contribution is 2.30. The summed E-state index contributed by atoms with van der Waals surface area (Å²) < 4.78 is 7.24. The van der Waals surface area contributed by atoms with E-state index in [9.17, 15) is 14.4 Å². The summed E-state index contributed by atoms with van der Waals surface area (Å²) in [6, 6.07) is 17.6. The molecule has 3 aromatic rings. The standard InChI is InChI=1S/C23H20ClN3O5/c24-15-7-5-14(6-8-15)18-11-9-16(10-12-22(29)30)27(18)26-21(28)13-20-23(31)25-17-3-1-2-4-19(17)32-20/h1-9,11,20H,10,12-13H2,(H,25,31)(H,26,28)(H,29,30)/t20-/m1/s1. The summed E-state index contributed by atoms with van der Waals surface area (Å²) >= 11 is 5.98. The number of benzene rings is 2. The number of nitrogens with one attached hydrogen (secondary N) is 2. The van der Waals surface area contributed by atoms with E-state index < -0.39 is 23.9 Å². The summed E-state index contributed by atoms with van der Waals surface area (Å²) in [7, 11) is 0. The van der Waals surface area contributed by atoms with Gasteiger partial charge in [-0.2, -0.15) is 0 Å². The fourth-order valence-corrected chi connectivity index (χ4v) is 3.58. The predicted molar refractivity (Wildman–Crippen MR) is 119 cm³/mol. The van der Waals surface area contributed by atoms with Gasteiger partial charge in [0.25, 0.3) is 5.91 Å². The van der Waals surface area contributed by atoms with E-state index in [0.29, 0.717) is 27.8 Å². The van der Waals surface area contributed by atoms with Crippen molar-refractivity contribution in [1.29, 1.82) is 0 Å². The molecule has 4 rings (SSSR count). The van der Waals surface area contributed by atoms with E-state index in [0.717, 1.165) is 5.56 Å². The Hall–Kier alpha value is -3.78. The molecule has 2 amide bonds. The van der Waals surface area contributed by atoms with Crippen LogP contribution in [0.25, 0.3) is 11.3 Å². The average molecular weight is 454 g/mol. The van der Waals surface area contributed by atoms with E-state index in [4.69, 9.17) is 21.4 Å². The third-order valence-electron chi connectivity index (χ3n) is 5.01. The number of hydrogen-bond acceptors (Lipinski definition) is 4. The van der Waals surface area contributed by atoms with E-state index in [2.05, 4.69) is 10.7 Å². The maximum Gasteiger partial charge on any atom is 0.303 e. The first kappa shape index (κ1) is 21.5. The molecule has 0 saturated heterocycles. The fraction of sp³-hybridized carbons (Fsp3) is 0.174. The molecule has 164 valence electrons. The zero-order valence-electron chi connectivity index (χ0n) is 16.9. The number of aliphatic carboxylic acids is 1. The molecule has 0 aliphatic carbocycles. The van der Waals surface area contributed by atoms with Crippen molar-refractivity contribution >= 4 is 35.1 Å². The number of amides is 2. The second kappa shape index (κ2) is 9.15. The SMILES string of the molecule is O=C(O)CCc1ccc(-c2ccc(Cl)cc2)n1NC(=O)C[C@H]1Oc2ccccc2NC1=O. The Labute approximate surface area is 188 Å². The van der Waals surface area contributed by atoms with Gasteiger partial charge in [0.15, 0.2) is 6.10 Å². The molecule has 9 heteroatoms. The highest BCUT2D eigenvalue weighted by molar-refractivity contribution is 6.30. The van der Waals surface area contributed by atoms with Crippen molar-refractivity contribution in [3.63, 3.8) is 0 Å². The maximum atomic E-state index is 12.8. The van der Waals surface area contributed by atoms with Crippen LogP contribution in [0.15, 0.2) is 60.7 Å². The van der Waals surface area contributed by atoms with Crippen molar-refractivity contribution in [3.05, 3.63) is 71.4 Å².